The van der Waals surface area contributed by atoms with E-state index in [0.717, 1.165) is 18.5 Å². The molecule has 1 unspecified atom stereocenters. The van der Waals surface area contributed by atoms with Crippen molar-refractivity contribution in [3.05, 3.63) is 11.9 Å². The summed E-state index contributed by atoms with van der Waals surface area (Å²) < 4.78 is 10.4. The first kappa shape index (κ1) is 15.0. The Morgan fingerprint density at radius 3 is 2.45 bits per heavy atom. The molecule has 1 atom stereocenters. The smallest absolute Gasteiger partial charge is 0.240 e. The maximum Gasteiger partial charge on any atom is 0.240 e. The lowest BCUT2D eigenvalue weighted by atomic mass is 9.90. The standard InChI is InChI=1S/C14H24N4O2/c1-19-11-9-16-13(14(17-11)20-2)12(18-15)10-7-5-3-4-6-8-10/h9-10,12,18H,3-8,15H2,1-2H3. The average molecular weight is 280 g/mol. The highest BCUT2D eigenvalue weighted by atomic mass is 16.5. The first-order valence-electron chi connectivity index (χ1n) is 7.21. The number of hydrogen-bond donors (Lipinski definition) is 2. The number of hydrogen-bond acceptors (Lipinski definition) is 6. The minimum atomic E-state index is -0.0264. The predicted molar refractivity (Wildman–Crippen MR) is 76.4 cm³/mol. The quantitative estimate of drug-likeness (QED) is 0.487. The Hall–Kier alpha value is -1.40. The van der Waals surface area contributed by atoms with Gasteiger partial charge in [0, 0.05) is 0 Å². The maximum absolute atomic E-state index is 5.78. The lowest BCUT2D eigenvalue weighted by molar-refractivity contribution is 0.299. The summed E-state index contributed by atoms with van der Waals surface area (Å²) in [6.45, 7) is 0. The van der Waals surface area contributed by atoms with Crippen LogP contribution in [0.2, 0.25) is 0 Å². The summed E-state index contributed by atoms with van der Waals surface area (Å²) in [6.07, 6.45) is 9.03. The molecular weight excluding hydrogens is 256 g/mol. The Bertz CT molecular complexity index is 420. The molecule has 1 saturated carbocycles. The fraction of sp³-hybridized carbons (Fsp3) is 0.714. The minimum Gasteiger partial charge on any atom is -0.480 e. The molecule has 6 nitrogen and oxygen atoms in total. The van der Waals surface area contributed by atoms with E-state index in [2.05, 4.69) is 15.4 Å². The van der Waals surface area contributed by atoms with Crippen LogP contribution in [0.5, 0.6) is 11.8 Å². The molecule has 1 fully saturated rings. The Kier molecular flexibility index (Phi) is 5.55. The number of nitrogens with two attached hydrogens (primary N) is 1. The molecule has 0 spiro atoms. The normalized spacial score (nSPS) is 18.4. The Morgan fingerprint density at radius 2 is 1.90 bits per heavy atom. The lowest BCUT2D eigenvalue weighted by Gasteiger charge is -2.25. The molecule has 0 aromatic carbocycles. The molecule has 2 rings (SSSR count). The van der Waals surface area contributed by atoms with Crippen LogP contribution in [0, 0.1) is 5.92 Å². The first-order valence-corrected chi connectivity index (χ1v) is 7.21. The molecule has 1 aromatic heterocycles. The summed E-state index contributed by atoms with van der Waals surface area (Å²) in [6, 6.07) is -0.0264. The van der Waals surface area contributed by atoms with E-state index in [1.807, 2.05) is 0 Å². The summed E-state index contributed by atoms with van der Waals surface area (Å²) in [4.78, 5) is 8.74. The fourth-order valence-electron chi connectivity index (χ4n) is 2.91. The van der Waals surface area contributed by atoms with Gasteiger partial charge in [-0.15, -0.1) is 0 Å². The molecule has 3 N–H and O–H groups in total. The zero-order valence-electron chi connectivity index (χ0n) is 12.3. The number of aromatic nitrogens is 2. The van der Waals surface area contributed by atoms with E-state index < -0.39 is 0 Å². The minimum absolute atomic E-state index is 0.0264. The van der Waals surface area contributed by atoms with Crippen LogP contribution < -0.4 is 20.7 Å². The van der Waals surface area contributed by atoms with Crippen LogP contribution in [0.4, 0.5) is 0 Å². The van der Waals surface area contributed by atoms with E-state index in [1.165, 1.54) is 25.7 Å². The molecule has 0 aliphatic heterocycles. The van der Waals surface area contributed by atoms with Crippen molar-refractivity contribution in [3.8, 4) is 11.8 Å². The van der Waals surface area contributed by atoms with Gasteiger partial charge in [-0.2, -0.15) is 4.98 Å². The number of rotatable bonds is 5. The maximum atomic E-state index is 5.78. The van der Waals surface area contributed by atoms with Gasteiger partial charge < -0.3 is 9.47 Å². The molecule has 112 valence electrons. The number of hydrazine groups is 1. The van der Waals surface area contributed by atoms with E-state index in [9.17, 15) is 0 Å². The average Bonchev–Trinajstić information content (AvgIpc) is 2.77. The van der Waals surface area contributed by atoms with Crippen molar-refractivity contribution in [1.29, 1.82) is 0 Å². The van der Waals surface area contributed by atoms with Gasteiger partial charge in [-0.25, -0.2) is 4.98 Å². The van der Waals surface area contributed by atoms with Gasteiger partial charge in [-0.1, -0.05) is 25.7 Å². The molecule has 0 amide bonds. The summed E-state index contributed by atoms with van der Waals surface area (Å²) in [7, 11) is 3.15. The zero-order valence-corrected chi connectivity index (χ0v) is 12.3. The lowest BCUT2D eigenvalue weighted by Crippen LogP contribution is -2.34. The van der Waals surface area contributed by atoms with Crippen LogP contribution >= 0.6 is 0 Å². The van der Waals surface area contributed by atoms with Crippen LogP contribution in [-0.2, 0) is 0 Å². The Morgan fingerprint density at radius 1 is 1.20 bits per heavy atom. The largest absolute Gasteiger partial charge is 0.480 e. The SMILES string of the molecule is COc1cnc(C(NN)C2CCCCCC2)c(OC)n1. The number of methoxy groups -OCH3 is 2. The fourth-order valence-corrected chi connectivity index (χ4v) is 2.91. The van der Waals surface area contributed by atoms with Crippen LogP contribution in [0.25, 0.3) is 0 Å². The summed E-state index contributed by atoms with van der Waals surface area (Å²) in [5.74, 6) is 7.18. The second-order valence-corrected chi connectivity index (χ2v) is 5.20. The van der Waals surface area contributed by atoms with E-state index in [0.29, 0.717) is 17.7 Å². The van der Waals surface area contributed by atoms with Crippen LogP contribution in [0.3, 0.4) is 0 Å². The van der Waals surface area contributed by atoms with Crippen LogP contribution in [0.1, 0.15) is 50.3 Å². The first-order chi connectivity index (χ1) is 9.80. The molecule has 0 saturated heterocycles. The van der Waals surface area contributed by atoms with Gasteiger partial charge in [0.05, 0.1) is 26.5 Å². The van der Waals surface area contributed by atoms with Crippen molar-refractivity contribution in [2.45, 2.75) is 44.6 Å². The highest BCUT2D eigenvalue weighted by Gasteiger charge is 2.28. The summed E-state index contributed by atoms with van der Waals surface area (Å²) >= 11 is 0. The van der Waals surface area contributed by atoms with Crippen molar-refractivity contribution in [3.63, 3.8) is 0 Å². The van der Waals surface area contributed by atoms with Gasteiger partial charge in [-0.05, 0) is 18.8 Å². The van der Waals surface area contributed by atoms with Gasteiger partial charge in [-0.3, -0.25) is 11.3 Å². The second kappa shape index (κ2) is 7.40. The van der Waals surface area contributed by atoms with Crippen molar-refractivity contribution in [2.75, 3.05) is 14.2 Å². The van der Waals surface area contributed by atoms with Gasteiger partial charge in [0.2, 0.25) is 11.8 Å². The predicted octanol–water partition coefficient (Wildman–Crippen LogP) is 1.97. The highest BCUT2D eigenvalue weighted by Crippen LogP contribution is 2.35. The van der Waals surface area contributed by atoms with Crippen molar-refractivity contribution < 1.29 is 9.47 Å². The third-order valence-corrected chi connectivity index (χ3v) is 3.99. The van der Waals surface area contributed by atoms with Crippen molar-refractivity contribution >= 4 is 0 Å². The highest BCUT2D eigenvalue weighted by molar-refractivity contribution is 5.26. The third kappa shape index (κ3) is 3.37. The van der Waals surface area contributed by atoms with Crippen molar-refractivity contribution in [2.24, 2.45) is 11.8 Å². The van der Waals surface area contributed by atoms with E-state index in [-0.39, 0.29) is 6.04 Å². The van der Waals surface area contributed by atoms with Gasteiger partial charge in [0.1, 0.15) is 5.69 Å². The molecule has 1 aliphatic carbocycles. The Balaban J connectivity index is 2.25. The van der Waals surface area contributed by atoms with Gasteiger partial charge in [0.25, 0.3) is 0 Å². The molecule has 6 heteroatoms. The van der Waals surface area contributed by atoms with E-state index in [4.69, 9.17) is 15.3 Å². The Labute approximate surface area is 120 Å². The zero-order chi connectivity index (χ0) is 14.4. The molecule has 1 aliphatic rings. The summed E-state index contributed by atoms with van der Waals surface area (Å²) in [5, 5.41) is 0. The van der Waals surface area contributed by atoms with Crippen LogP contribution in [-0.4, -0.2) is 24.2 Å². The molecular formula is C14H24N4O2. The van der Waals surface area contributed by atoms with Crippen molar-refractivity contribution in [1.82, 2.24) is 15.4 Å². The van der Waals surface area contributed by atoms with Gasteiger partial charge in [0.15, 0.2) is 0 Å². The molecule has 1 aromatic rings. The van der Waals surface area contributed by atoms with Gasteiger partial charge >= 0.3 is 0 Å². The molecule has 0 radical (unpaired) electrons. The molecule has 1 heterocycles. The topological polar surface area (TPSA) is 82.3 Å². The summed E-state index contributed by atoms with van der Waals surface area (Å²) in [5.41, 5.74) is 3.67. The number of nitrogens with one attached hydrogen (secondary N) is 1. The van der Waals surface area contributed by atoms with Crippen LogP contribution in [0.15, 0.2) is 6.20 Å². The second-order valence-electron chi connectivity index (χ2n) is 5.20. The third-order valence-electron chi connectivity index (χ3n) is 3.99. The number of nitrogens with zero attached hydrogens (tertiary/aromatic N) is 2. The molecule has 20 heavy (non-hydrogen) atoms. The van der Waals surface area contributed by atoms with E-state index in [1.54, 1.807) is 20.4 Å². The monoisotopic (exact) mass is 280 g/mol. The number of ether oxygens (including phenoxy) is 2. The molecule has 0 bridgehead atoms. The van der Waals surface area contributed by atoms with E-state index >= 15 is 0 Å².